The number of amides is 1. The molecule has 0 saturated heterocycles. The van der Waals surface area contributed by atoms with Gasteiger partial charge in [-0.05, 0) is 48.9 Å². The van der Waals surface area contributed by atoms with Gasteiger partial charge in [0.25, 0.3) is 5.91 Å². The molecule has 0 aliphatic rings. The molecular formula is C15H14Cl2N2O3S. The van der Waals surface area contributed by atoms with Gasteiger partial charge in [0, 0.05) is 10.6 Å². The average molecular weight is 373 g/mol. The molecule has 0 aliphatic carbocycles. The quantitative estimate of drug-likeness (QED) is 0.853. The first-order valence-corrected chi connectivity index (χ1v) is 9.15. The van der Waals surface area contributed by atoms with Crippen LogP contribution in [0.1, 0.15) is 15.9 Å². The van der Waals surface area contributed by atoms with Gasteiger partial charge in [0.15, 0.2) is 0 Å². The van der Waals surface area contributed by atoms with E-state index in [-0.39, 0.29) is 5.91 Å². The Bertz CT molecular complexity index is 867. The maximum absolute atomic E-state index is 12.3. The van der Waals surface area contributed by atoms with Gasteiger partial charge in [-0.15, -0.1) is 0 Å². The van der Waals surface area contributed by atoms with Crippen LogP contribution in [0.15, 0.2) is 36.4 Å². The summed E-state index contributed by atoms with van der Waals surface area (Å²) in [4.78, 5) is 12.3. The Morgan fingerprint density at radius 3 is 2.26 bits per heavy atom. The summed E-state index contributed by atoms with van der Waals surface area (Å²) in [5.74, 6) is -0.358. The monoisotopic (exact) mass is 372 g/mol. The zero-order valence-electron chi connectivity index (χ0n) is 12.4. The maximum Gasteiger partial charge on any atom is 0.255 e. The molecule has 0 radical (unpaired) electrons. The van der Waals surface area contributed by atoms with Gasteiger partial charge in [-0.3, -0.25) is 9.52 Å². The molecule has 8 heteroatoms. The van der Waals surface area contributed by atoms with Crippen molar-refractivity contribution < 1.29 is 13.2 Å². The van der Waals surface area contributed by atoms with Gasteiger partial charge in [0.05, 0.1) is 22.7 Å². The number of hydrogen-bond acceptors (Lipinski definition) is 3. The van der Waals surface area contributed by atoms with Crippen LogP contribution in [0.4, 0.5) is 11.4 Å². The number of halogens is 2. The molecule has 5 nitrogen and oxygen atoms in total. The lowest BCUT2D eigenvalue weighted by molar-refractivity contribution is 0.102. The van der Waals surface area contributed by atoms with Crippen molar-refractivity contribution >= 4 is 50.5 Å². The molecule has 2 rings (SSSR count). The zero-order valence-corrected chi connectivity index (χ0v) is 14.7. The van der Waals surface area contributed by atoms with Gasteiger partial charge in [-0.2, -0.15) is 0 Å². The Morgan fingerprint density at radius 1 is 1.04 bits per heavy atom. The Labute approximate surface area is 144 Å². The van der Waals surface area contributed by atoms with Gasteiger partial charge >= 0.3 is 0 Å². The molecule has 0 spiro atoms. The van der Waals surface area contributed by atoms with E-state index in [1.165, 1.54) is 18.2 Å². The average Bonchev–Trinajstić information content (AvgIpc) is 2.42. The molecule has 0 unspecified atom stereocenters. The number of anilines is 2. The summed E-state index contributed by atoms with van der Waals surface area (Å²) in [5, 5.41) is 3.48. The Kier molecular flexibility index (Phi) is 5.19. The van der Waals surface area contributed by atoms with Gasteiger partial charge in [0.1, 0.15) is 0 Å². The SMILES string of the molecule is Cc1cc(C(=O)Nc2ccc(Cl)cc2Cl)ccc1NS(C)(=O)=O. The predicted octanol–water partition coefficient (Wildman–Crippen LogP) is 3.93. The van der Waals surface area contributed by atoms with Crippen molar-refractivity contribution in [3.05, 3.63) is 57.6 Å². The molecule has 122 valence electrons. The van der Waals surface area contributed by atoms with Gasteiger partial charge in [-0.25, -0.2) is 8.42 Å². The molecule has 0 bridgehead atoms. The van der Waals surface area contributed by atoms with Crippen LogP contribution in [0, 0.1) is 6.92 Å². The number of carbonyl (C=O) groups is 1. The molecule has 0 saturated carbocycles. The largest absolute Gasteiger partial charge is 0.321 e. The van der Waals surface area contributed by atoms with Gasteiger partial charge in [-0.1, -0.05) is 23.2 Å². The second-order valence-corrected chi connectivity index (χ2v) is 7.57. The van der Waals surface area contributed by atoms with Crippen molar-refractivity contribution in [1.29, 1.82) is 0 Å². The topological polar surface area (TPSA) is 75.3 Å². The lowest BCUT2D eigenvalue weighted by atomic mass is 10.1. The van der Waals surface area contributed by atoms with Crippen LogP contribution in [0.5, 0.6) is 0 Å². The fourth-order valence-corrected chi connectivity index (χ4v) is 2.99. The van der Waals surface area contributed by atoms with Crippen LogP contribution in [-0.4, -0.2) is 20.6 Å². The molecule has 23 heavy (non-hydrogen) atoms. The van der Waals surface area contributed by atoms with Crippen LogP contribution in [0.2, 0.25) is 10.0 Å². The van der Waals surface area contributed by atoms with Crippen molar-refractivity contribution in [2.24, 2.45) is 0 Å². The molecule has 0 aromatic heterocycles. The number of aryl methyl sites for hydroxylation is 1. The molecule has 0 atom stereocenters. The molecule has 0 heterocycles. The third-order valence-electron chi connectivity index (χ3n) is 2.96. The van der Waals surface area contributed by atoms with E-state index in [0.717, 1.165) is 6.26 Å². The van der Waals surface area contributed by atoms with Crippen molar-refractivity contribution in [2.75, 3.05) is 16.3 Å². The van der Waals surface area contributed by atoms with Crippen LogP contribution >= 0.6 is 23.2 Å². The molecule has 2 aromatic rings. The number of benzene rings is 2. The van der Waals surface area contributed by atoms with E-state index in [0.29, 0.717) is 32.5 Å². The maximum atomic E-state index is 12.3. The highest BCUT2D eigenvalue weighted by atomic mass is 35.5. The second-order valence-electron chi connectivity index (χ2n) is 4.98. The molecule has 0 fully saturated rings. The Hall–Kier alpha value is -1.76. The normalized spacial score (nSPS) is 11.1. The second kappa shape index (κ2) is 6.78. The lowest BCUT2D eigenvalue weighted by Gasteiger charge is -2.11. The summed E-state index contributed by atoms with van der Waals surface area (Å²) in [7, 11) is -3.37. The number of rotatable bonds is 4. The van der Waals surface area contributed by atoms with E-state index < -0.39 is 10.0 Å². The number of carbonyl (C=O) groups excluding carboxylic acids is 1. The zero-order chi connectivity index (χ0) is 17.2. The summed E-state index contributed by atoms with van der Waals surface area (Å²) in [6, 6.07) is 9.41. The number of sulfonamides is 1. The lowest BCUT2D eigenvalue weighted by Crippen LogP contribution is -2.14. The summed E-state index contributed by atoms with van der Waals surface area (Å²) >= 11 is 11.8. The van der Waals surface area contributed by atoms with Gasteiger partial charge in [0.2, 0.25) is 10.0 Å². The first-order chi connectivity index (χ1) is 10.7. The predicted molar refractivity (Wildman–Crippen MR) is 94.1 cm³/mol. The summed E-state index contributed by atoms with van der Waals surface area (Å²) in [6.07, 6.45) is 1.07. The minimum absolute atomic E-state index is 0.331. The van der Waals surface area contributed by atoms with E-state index in [9.17, 15) is 13.2 Å². The third-order valence-corrected chi connectivity index (χ3v) is 4.10. The molecular weight excluding hydrogens is 359 g/mol. The highest BCUT2D eigenvalue weighted by molar-refractivity contribution is 7.92. The molecule has 0 aliphatic heterocycles. The highest BCUT2D eigenvalue weighted by Crippen LogP contribution is 2.26. The molecule has 1 amide bonds. The Balaban J connectivity index is 2.21. The third kappa shape index (κ3) is 4.86. The standard InChI is InChI=1S/C15H14Cl2N2O3S/c1-9-7-10(3-5-13(9)19-23(2,21)22)15(20)18-14-6-4-11(16)8-12(14)17/h3-8,19H,1-2H3,(H,18,20). The van der Waals surface area contributed by atoms with Crippen LogP contribution in [0.3, 0.4) is 0 Å². The van der Waals surface area contributed by atoms with Crippen molar-refractivity contribution in [1.82, 2.24) is 0 Å². The Morgan fingerprint density at radius 2 is 1.70 bits per heavy atom. The summed E-state index contributed by atoms with van der Waals surface area (Å²) < 4.78 is 24.9. The van der Waals surface area contributed by atoms with Crippen molar-refractivity contribution in [3.8, 4) is 0 Å². The molecule has 2 aromatic carbocycles. The van der Waals surface area contributed by atoms with E-state index in [2.05, 4.69) is 10.0 Å². The molecule has 2 N–H and O–H groups in total. The van der Waals surface area contributed by atoms with Crippen LogP contribution < -0.4 is 10.0 Å². The minimum Gasteiger partial charge on any atom is -0.321 e. The number of hydrogen-bond donors (Lipinski definition) is 2. The van der Waals surface area contributed by atoms with E-state index in [4.69, 9.17) is 23.2 Å². The summed E-state index contributed by atoms with van der Waals surface area (Å²) in [6.45, 7) is 1.71. The van der Waals surface area contributed by atoms with E-state index >= 15 is 0 Å². The smallest absolute Gasteiger partial charge is 0.255 e. The number of nitrogens with one attached hydrogen (secondary N) is 2. The van der Waals surface area contributed by atoms with Gasteiger partial charge < -0.3 is 5.32 Å². The van der Waals surface area contributed by atoms with E-state index in [1.807, 2.05) is 0 Å². The fraction of sp³-hybridized carbons (Fsp3) is 0.133. The van der Waals surface area contributed by atoms with Crippen molar-refractivity contribution in [3.63, 3.8) is 0 Å². The van der Waals surface area contributed by atoms with E-state index in [1.54, 1.807) is 25.1 Å². The first-order valence-electron chi connectivity index (χ1n) is 6.50. The highest BCUT2D eigenvalue weighted by Gasteiger charge is 2.12. The first kappa shape index (κ1) is 17.6. The van der Waals surface area contributed by atoms with Crippen molar-refractivity contribution in [2.45, 2.75) is 6.92 Å². The van der Waals surface area contributed by atoms with Crippen LogP contribution in [-0.2, 0) is 10.0 Å². The van der Waals surface area contributed by atoms with Crippen LogP contribution in [0.25, 0.3) is 0 Å². The minimum atomic E-state index is -3.37. The summed E-state index contributed by atoms with van der Waals surface area (Å²) in [5.41, 5.74) is 1.88. The fourth-order valence-electron chi connectivity index (χ4n) is 1.90.